The first-order valence-electron chi connectivity index (χ1n) is 7.70. The maximum atomic E-state index is 12.1. The van der Waals surface area contributed by atoms with E-state index in [0.717, 1.165) is 11.8 Å². The molecule has 0 bridgehead atoms. The molecule has 0 aliphatic carbocycles. The maximum Gasteiger partial charge on any atom is 0.316 e. The molecule has 2 rings (SSSR count). The summed E-state index contributed by atoms with van der Waals surface area (Å²) in [4.78, 5) is 23.7. The fourth-order valence-corrected chi connectivity index (χ4v) is 3.84. The summed E-state index contributed by atoms with van der Waals surface area (Å²) in [5.41, 5.74) is 0.991. The topological polar surface area (TPSA) is 109 Å². The molecular weight excluding hydrogens is 424 g/mol. The number of benzene rings is 1. The van der Waals surface area contributed by atoms with Gasteiger partial charge in [-0.3, -0.25) is 9.59 Å². The second-order valence-corrected chi connectivity index (χ2v) is 7.15. The quantitative estimate of drug-likeness (QED) is 0.654. The molecule has 26 heavy (non-hydrogen) atoms. The summed E-state index contributed by atoms with van der Waals surface area (Å²) >= 11 is 4.30. The van der Waals surface area contributed by atoms with Gasteiger partial charge in [-0.05, 0) is 40.5 Å². The molecule has 0 spiro atoms. The fourth-order valence-electron chi connectivity index (χ4n) is 2.50. The van der Waals surface area contributed by atoms with Gasteiger partial charge in [0.1, 0.15) is 0 Å². The normalized spacial score (nSPS) is 16.7. The van der Waals surface area contributed by atoms with Crippen LogP contribution in [0, 0.1) is 11.3 Å². The molecule has 0 fully saturated rings. The van der Waals surface area contributed by atoms with Crippen LogP contribution < -0.4 is 10.1 Å². The third-order valence-electron chi connectivity index (χ3n) is 3.67. The van der Waals surface area contributed by atoms with Crippen LogP contribution in [0.2, 0.25) is 0 Å². The van der Waals surface area contributed by atoms with Crippen molar-refractivity contribution in [2.24, 2.45) is 0 Å². The van der Waals surface area contributed by atoms with E-state index in [0.29, 0.717) is 20.6 Å². The van der Waals surface area contributed by atoms with Gasteiger partial charge in [-0.2, -0.15) is 5.26 Å². The lowest BCUT2D eigenvalue weighted by Gasteiger charge is -2.25. The van der Waals surface area contributed by atoms with Crippen molar-refractivity contribution < 1.29 is 24.2 Å². The molecule has 1 aromatic rings. The van der Waals surface area contributed by atoms with Crippen molar-refractivity contribution in [2.75, 3.05) is 19.5 Å². The lowest BCUT2D eigenvalue weighted by molar-refractivity contribution is -0.139. The third-order valence-corrected chi connectivity index (χ3v) is 5.26. The van der Waals surface area contributed by atoms with Crippen molar-refractivity contribution in [3.05, 3.63) is 32.8 Å². The molecule has 7 nitrogen and oxygen atoms in total. The predicted octanol–water partition coefficient (Wildman–Crippen LogP) is 2.80. The van der Waals surface area contributed by atoms with Gasteiger partial charge in [0.15, 0.2) is 11.5 Å². The van der Waals surface area contributed by atoms with Gasteiger partial charge in [0.05, 0.1) is 40.6 Å². The first kappa shape index (κ1) is 20.1. The number of hydrogen-bond acceptors (Lipinski definition) is 7. The first-order chi connectivity index (χ1) is 12.4. The molecule has 0 radical (unpaired) electrons. The molecule has 0 saturated heterocycles. The molecule has 1 aliphatic rings. The number of carbonyl (C=O) groups excluding carboxylic acids is 2. The number of hydrogen-bond donors (Lipinski definition) is 2. The number of amides is 1. The average Bonchev–Trinajstić information content (AvgIpc) is 2.61. The molecule has 1 heterocycles. The number of carbonyl (C=O) groups is 2. The summed E-state index contributed by atoms with van der Waals surface area (Å²) in [5, 5.41) is 22.6. The molecule has 1 atom stereocenters. The highest BCUT2D eigenvalue weighted by Crippen LogP contribution is 2.42. The second kappa shape index (κ2) is 8.96. The van der Waals surface area contributed by atoms with Crippen LogP contribution in [0.15, 0.2) is 27.2 Å². The summed E-state index contributed by atoms with van der Waals surface area (Å²) in [6.45, 7) is 1.97. The molecule has 1 amide bonds. The number of phenols is 1. The van der Waals surface area contributed by atoms with E-state index in [1.54, 1.807) is 19.1 Å². The number of nitriles is 1. The minimum Gasteiger partial charge on any atom is -0.503 e. The standard InChI is InChI=1S/C17H17BrN2O5S/c1-3-25-15(22)8-26-17-11(7-19)10(6-14(21)20-17)9-4-12(18)16(23)13(5-9)24-2/h4-5,10,23H,3,6,8H2,1-2H3,(H,20,21)/t10-/m0/s1. The Hall–Kier alpha value is -2.18. The van der Waals surface area contributed by atoms with Gasteiger partial charge in [-0.25, -0.2) is 0 Å². The predicted molar refractivity (Wildman–Crippen MR) is 99.6 cm³/mol. The number of thioether (sulfide) groups is 1. The molecule has 1 aromatic carbocycles. The first-order valence-corrected chi connectivity index (χ1v) is 9.48. The summed E-state index contributed by atoms with van der Waals surface area (Å²) < 4.78 is 10.4. The molecule has 138 valence electrons. The van der Waals surface area contributed by atoms with E-state index in [4.69, 9.17) is 9.47 Å². The van der Waals surface area contributed by atoms with E-state index in [1.165, 1.54) is 7.11 Å². The van der Waals surface area contributed by atoms with E-state index in [2.05, 4.69) is 27.3 Å². The highest BCUT2D eigenvalue weighted by Gasteiger charge is 2.31. The van der Waals surface area contributed by atoms with Gasteiger partial charge in [-0.1, -0.05) is 11.8 Å². The number of esters is 1. The van der Waals surface area contributed by atoms with Crippen LogP contribution in [0.1, 0.15) is 24.8 Å². The van der Waals surface area contributed by atoms with Gasteiger partial charge < -0.3 is 19.9 Å². The summed E-state index contributed by atoms with van der Waals surface area (Å²) in [7, 11) is 1.42. The van der Waals surface area contributed by atoms with Crippen molar-refractivity contribution in [2.45, 2.75) is 19.3 Å². The second-order valence-electron chi connectivity index (χ2n) is 5.31. The lowest BCUT2D eigenvalue weighted by Crippen LogP contribution is -2.31. The minimum atomic E-state index is -0.510. The Balaban J connectivity index is 2.39. The number of ether oxygens (including phenoxy) is 2. The number of phenolic OH excluding ortho intramolecular Hbond substituents is 1. The van der Waals surface area contributed by atoms with Crippen molar-refractivity contribution in [3.63, 3.8) is 0 Å². The molecule has 0 aromatic heterocycles. The Morgan fingerprint density at radius 1 is 1.54 bits per heavy atom. The maximum absolute atomic E-state index is 12.1. The van der Waals surface area contributed by atoms with Crippen LogP contribution in [0.4, 0.5) is 0 Å². The van der Waals surface area contributed by atoms with Crippen molar-refractivity contribution in [1.82, 2.24) is 5.32 Å². The summed E-state index contributed by atoms with van der Waals surface area (Å²) in [5.74, 6) is -1.03. The Morgan fingerprint density at radius 3 is 2.88 bits per heavy atom. The molecular formula is C17H17BrN2O5S. The van der Waals surface area contributed by atoms with Crippen molar-refractivity contribution >= 4 is 39.6 Å². The van der Waals surface area contributed by atoms with Crippen LogP contribution in [-0.4, -0.2) is 36.5 Å². The number of nitrogens with one attached hydrogen (secondary N) is 1. The van der Waals surface area contributed by atoms with Crippen LogP contribution in [0.5, 0.6) is 11.5 Å². The summed E-state index contributed by atoms with van der Waals surface area (Å²) in [6, 6.07) is 5.36. The third kappa shape index (κ3) is 4.51. The number of aromatic hydroxyl groups is 1. The van der Waals surface area contributed by atoms with E-state index in [1.807, 2.05) is 0 Å². The zero-order valence-electron chi connectivity index (χ0n) is 14.2. The van der Waals surface area contributed by atoms with Gasteiger partial charge in [0, 0.05) is 12.3 Å². The number of allylic oxidation sites excluding steroid dienone is 1. The molecule has 1 aliphatic heterocycles. The Labute approximate surface area is 163 Å². The highest BCUT2D eigenvalue weighted by atomic mass is 79.9. The van der Waals surface area contributed by atoms with Gasteiger partial charge in [0.2, 0.25) is 5.91 Å². The van der Waals surface area contributed by atoms with E-state index >= 15 is 0 Å². The van der Waals surface area contributed by atoms with E-state index in [-0.39, 0.29) is 36.2 Å². The molecule has 0 saturated carbocycles. The number of methoxy groups -OCH3 is 1. The molecule has 9 heteroatoms. The number of halogens is 1. The largest absolute Gasteiger partial charge is 0.503 e. The summed E-state index contributed by atoms with van der Waals surface area (Å²) in [6.07, 6.45) is 0.0761. The minimum absolute atomic E-state index is 0.00997. The highest BCUT2D eigenvalue weighted by molar-refractivity contribution is 9.10. The van der Waals surface area contributed by atoms with Gasteiger partial charge >= 0.3 is 5.97 Å². The monoisotopic (exact) mass is 440 g/mol. The number of nitrogens with zero attached hydrogens (tertiary/aromatic N) is 1. The Morgan fingerprint density at radius 2 is 2.27 bits per heavy atom. The van der Waals surface area contributed by atoms with Crippen LogP contribution in [-0.2, 0) is 14.3 Å². The van der Waals surface area contributed by atoms with Crippen molar-refractivity contribution in [3.8, 4) is 17.6 Å². The SMILES string of the molecule is CCOC(=O)CSC1=C(C#N)[C@H](c2cc(Br)c(O)c(OC)c2)CC(=O)N1. The van der Waals surface area contributed by atoms with Crippen LogP contribution in [0.25, 0.3) is 0 Å². The molecule has 0 unspecified atom stereocenters. The van der Waals surface area contributed by atoms with Gasteiger partial charge in [-0.15, -0.1) is 0 Å². The smallest absolute Gasteiger partial charge is 0.316 e. The van der Waals surface area contributed by atoms with E-state index < -0.39 is 11.9 Å². The lowest BCUT2D eigenvalue weighted by atomic mass is 9.87. The van der Waals surface area contributed by atoms with Crippen LogP contribution in [0.3, 0.4) is 0 Å². The van der Waals surface area contributed by atoms with E-state index in [9.17, 15) is 20.0 Å². The Kier molecular flexibility index (Phi) is 6.94. The zero-order valence-corrected chi connectivity index (χ0v) is 16.6. The fraction of sp³-hybridized carbons (Fsp3) is 0.353. The van der Waals surface area contributed by atoms with Crippen molar-refractivity contribution in [1.29, 1.82) is 5.26 Å². The average molecular weight is 441 g/mol. The number of rotatable bonds is 6. The van der Waals surface area contributed by atoms with Gasteiger partial charge in [0.25, 0.3) is 0 Å². The Bertz CT molecular complexity index is 803. The van der Waals surface area contributed by atoms with Crippen LogP contribution >= 0.6 is 27.7 Å². The zero-order chi connectivity index (χ0) is 19.3. The molecule has 2 N–H and O–H groups in total.